The number of Topliss-reactive ketones (excluding diaryl/α,β-unsaturated/α-hetero) is 2. The van der Waals surface area contributed by atoms with E-state index in [4.69, 9.17) is 21.1 Å². The third-order valence-corrected chi connectivity index (χ3v) is 8.61. The van der Waals surface area contributed by atoms with E-state index in [1.165, 1.54) is 0 Å². The molecule has 0 atom stereocenters. The van der Waals surface area contributed by atoms with Crippen molar-refractivity contribution in [1.29, 1.82) is 0 Å². The summed E-state index contributed by atoms with van der Waals surface area (Å²) in [5.74, 6) is -0.441. The minimum atomic E-state index is -0.915. The number of carbonyl (C=O) groups excluding carboxylic acids is 2. The summed E-state index contributed by atoms with van der Waals surface area (Å²) >= 11 is 6.13. The second-order valence-corrected chi connectivity index (χ2v) is 13.6. The molecule has 0 saturated carbocycles. The Bertz CT molecular complexity index is 1460. The SMILES string of the molecule is COc1cc(C2C3=C(CC(C)(C)CC3=O)N(CCC(=O)O)C3=C2C(=O)CC(C)(C)C3)ccc1OCc1cccc(Cl)c1. The van der Waals surface area contributed by atoms with E-state index in [9.17, 15) is 19.5 Å². The number of carboxylic acids is 1. The molecule has 0 saturated heterocycles. The molecule has 2 aromatic carbocycles. The van der Waals surface area contributed by atoms with Gasteiger partial charge in [-0.15, -0.1) is 0 Å². The van der Waals surface area contributed by atoms with E-state index in [-0.39, 0.29) is 35.4 Å². The lowest BCUT2D eigenvalue weighted by Crippen LogP contribution is -2.45. The Kier molecular flexibility index (Phi) is 8.01. The van der Waals surface area contributed by atoms with E-state index in [2.05, 4.69) is 27.7 Å². The van der Waals surface area contributed by atoms with Gasteiger partial charge in [-0.3, -0.25) is 14.4 Å². The second kappa shape index (κ2) is 11.3. The van der Waals surface area contributed by atoms with E-state index in [0.717, 1.165) is 22.5 Å². The fourth-order valence-corrected chi connectivity index (χ4v) is 6.84. The lowest BCUT2D eigenvalue weighted by Gasteiger charge is -2.49. The number of rotatable bonds is 8. The smallest absolute Gasteiger partial charge is 0.305 e. The summed E-state index contributed by atoms with van der Waals surface area (Å²) in [4.78, 5) is 41.5. The predicted molar refractivity (Wildman–Crippen MR) is 161 cm³/mol. The van der Waals surface area contributed by atoms with E-state index in [1.807, 2.05) is 41.3 Å². The highest BCUT2D eigenvalue weighted by molar-refractivity contribution is 6.30. The second-order valence-electron chi connectivity index (χ2n) is 13.2. The molecule has 1 heterocycles. The summed E-state index contributed by atoms with van der Waals surface area (Å²) in [6, 6.07) is 13.0. The molecule has 8 heteroatoms. The van der Waals surface area contributed by atoms with Crippen LogP contribution in [-0.2, 0) is 21.0 Å². The highest BCUT2D eigenvalue weighted by Gasteiger charge is 2.49. The maximum Gasteiger partial charge on any atom is 0.305 e. The van der Waals surface area contributed by atoms with Gasteiger partial charge in [0.2, 0.25) is 0 Å². The standard InChI is InChI=1S/C34H38ClNO6/c1-33(2)15-23-31(25(37)17-33)30(32-24(36(23)12-11-29(39)40)16-34(3,4)18-26(32)38)21-9-10-27(28(14-21)41-5)42-19-20-7-6-8-22(35)13-20/h6-10,13-14,30H,11-12,15-19H2,1-5H3,(H,39,40). The van der Waals surface area contributed by atoms with Gasteiger partial charge in [0.05, 0.1) is 13.5 Å². The molecule has 3 aliphatic rings. The Labute approximate surface area is 252 Å². The highest BCUT2D eigenvalue weighted by Crippen LogP contribution is 2.55. The van der Waals surface area contributed by atoms with Gasteiger partial charge in [-0.25, -0.2) is 0 Å². The molecule has 222 valence electrons. The van der Waals surface area contributed by atoms with Crippen LogP contribution < -0.4 is 9.47 Å². The van der Waals surface area contributed by atoms with E-state index in [1.54, 1.807) is 13.2 Å². The number of benzene rings is 2. The van der Waals surface area contributed by atoms with Crippen LogP contribution in [0, 0.1) is 10.8 Å². The minimum absolute atomic E-state index is 0.00370. The minimum Gasteiger partial charge on any atom is -0.493 e. The number of ketones is 2. The fraction of sp³-hybridized carbons (Fsp3) is 0.441. The first-order valence-electron chi connectivity index (χ1n) is 14.4. The van der Waals surface area contributed by atoms with Gasteiger partial charge in [0.25, 0.3) is 0 Å². The summed E-state index contributed by atoms with van der Waals surface area (Å²) in [6.45, 7) is 8.76. The van der Waals surface area contributed by atoms with E-state index in [0.29, 0.717) is 60.0 Å². The Morgan fingerprint density at radius 3 is 2.10 bits per heavy atom. The number of halogens is 1. The molecule has 0 spiro atoms. The molecule has 1 N–H and O–H groups in total. The molecule has 0 radical (unpaired) electrons. The summed E-state index contributed by atoms with van der Waals surface area (Å²) in [7, 11) is 1.57. The lowest BCUT2D eigenvalue weighted by atomic mass is 9.63. The summed E-state index contributed by atoms with van der Waals surface area (Å²) < 4.78 is 11.8. The Morgan fingerprint density at radius 1 is 0.929 bits per heavy atom. The van der Waals surface area contributed by atoms with Crippen LogP contribution in [0.25, 0.3) is 0 Å². The molecule has 2 aromatic rings. The molecular formula is C34H38ClNO6. The van der Waals surface area contributed by atoms with Crippen LogP contribution in [0.5, 0.6) is 11.5 Å². The van der Waals surface area contributed by atoms with Gasteiger partial charge in [-0.2, -0.15) is 0 Å². The monoisotopic (exact) mass is 591 g/mol. The number of methoxy groups -OCH3 is 1. The summed E-state index contributed by atoms with van der Waals surface area (Å²) in [5.41, 5.74) is 3.99. The van der Waals surface area contributed by atoms with Gasteiger partial charge in [-0.05, 0) is 59.1 Å². The fourth-order valence-electron chi connectivity index (χ4n) is 6.63. The number of nitrogens with zero attached hydrogens (tertiary/aromatic N) is 1. The van der Waals surface area contributed by atoms with Crippen molar-refractivity contribution in [1.82, 2.24) is 4.90 Å². The highest BCUT2D eigenvalue weighted by atomic mass is 35.5. The molecule has 7 nitrogen and oxygen atoms in total. The van der Waals surface area contributed by atoms with Crippen molar-refractivity contribution in [3.8, 4) is 11.5 Å². The largest absolute Gasteiger partial charge is 0.493 e. The molecule has 0 unspecified atom stereocenters. The maximum absolute atomic E-state index is 13.9. The van der Waals surface area contributed by atoms with Crippen molar-refractivity contribution in [3.63, 3.8) is 0 Å². The van der Waals surface area contributed by atoms with Crippen molar-refractivity contribution in [2.24, 2.45) is 10.8 Å². The number of hydrogen-bond donors (Lipinski definition) is 1. The zero-order valence-electron chi connectivity index (χ0n) is 24.9. The Morgan fingerprint density at radius 2 is 1.55 bits per heavy atom. The molecule has 0 bridgehead atoms. The molecule has 2 aliphatic carbocycles. The predicted octanol–water partition coefficient (Wildman–Crippen LogP) is 7.09. The zero-order chi connectivity index (χ0) is 30.4. The van der Waals surface area contributed by atoms with Gasteiger partial charge in [0, 0.05) is 52.9 Å². The van der Waals surface area contributed by atoms with Gasteiger partial charge >= 0.3 is 5.97 Å². The van der Waals surface area contributed by atoms with Crippen LogP contribution in [0.1, 0.15) is 76.8 Å². The van der Waals surface area contributed by atoms with Crippen molar-refractivity contribution in [2.45, 2.75) is 72.3 Å². The quantitative estimate of drug-likeness (QED) is 0.350. The van der Waals surface area contributed by atoms with Crippen molar-refractivity contribution in [3.05, 3.63) is 81.2 Å². The van der Waals surface area contributed by atoms with Crippen LogP contribution in [0.3, 0.4) is 0 Å². The number of carbonyl (C=O) groups is 3. The number of hydrogen-bond acceptors (Lipinski definition) is 6. The van der Waals surface area contributed by atoms with Crippen molar-refractivity contribution >= 4 is 29.1 Å². The lowest BCUT2D eigenvalue weighted by molar-refractivity contribution is -0.137. The third-order valence-electron chi connectivity index (χ3n) is 8.38. The maximum atomic E-state index is 13.9. The van der Waals surface area contributed by atoms with Gasteiger partial charge in [-0.1, -0.05) is 57.5 Å². The molecule has 5 rings (SSSR count). The first-order chi connectivity index (χ1) is 19.8. The topological polar surface area (TPSA) is 93.1 Å². The number of aliphatic carboxylic acids is 1. The van der Waals surface area contributed by atoms with Crippen molar-refractivity contribution < 1.29 is 29.0 Å². The Hall–Kier alpha value is -3.58. The van der Waals surface area contributed by atoms with Crippen LogP contribution in [-0.4, -0.2) is 41.2 Å². The van der Waals surface area contributed by atoms with Crippen LogP contribution in [0.2, 0.25) is 5.02 Å². The molecular weight excluding hydrogens is 554 g/mol. The summed E-state index contributed by atoms with van der Waals surface area (Å²) in [5, 5.41) is 10.2. The zero-order valence-corrected chi connectivity index (χ0v) is 25.6. The third kappa shape index (κ3) is 5.98. The van der Waals surface area contributed by atoms with E-state index < -0.39 is 11.9 Å². The molecule has 0 aromatic heterocycles. The Balaban J connectivity index is 1.62. The molecule has 1 aliphatic heterocycles. The number of allylic oxidation sites excluding steroid dienone is 4. The average molecular weight is 592 g/mol. The average Bonchev–Trinajstić information content (AvgIpc) is 2.89. The first-order valence-corrected chi connectivity index (χ1v) is 14.7. The van der Waals surface area contributed by atoms with Gasteiger partial charge in [0.1, 0.15) is 6.61 Å². The van der Waals surface area contributed by atoms with Gasteiger partial charge < -0.3 is 19.5 Å². The molecule has 42 heavy (non-hydrogen) atoms. The number of ether oxygens (including phenoxy) is 2. The van der Waals surface area contributed by atoms with Crippen LogP contribution in [0.15, 0.2) is 65.0 Å². The van der Waals surface area contributed by atoms with E-state index >= 15 is 0 Å². The van der Waals surface area contributed by atoms with Crippen LogP contribution in [0.4, 0.5) is 0 Å². The number of carboxylic acid groups (broad SMARTS) is 1. The van der Waals surface area contributed by atoms with Gasteiger partial charge in [0.15, 0.2) is 23.1 Å². The van der Waals surface area contributed by atoms with Crippen molar-refractivity contribution in [2.75, 3.05) is 13.7 Å². The normalized spacial score (nSPS) is 19.9. The first kappa shape index (κ1) is 29.9. The molecule has 0 amide bonds. The van der Waals surface area contributed by atoms with Crippen LogP contribution >= 0.6 is 11.6 Å². The summed E-state index contributed by atoms with van der Waals surface area (Å²) in [6.07, 6.45) is 1.86. The molecule has 0 fully saturated rings.